The van der Waals surface area contributed by atoms with Gasteiger partial charge in [-0.2, -0.15) is 0 Å². The summed E-state index contributed by atoms with van der Waals surface area (Å²) < 4.78 is 31.7. The van der Waals surface area contributed by atoms with Crippen molar-refractivity contribution in [2.45, 2.75) is 24.4 Å². The van der Waals surface area contributed by atoms with Crippen LogP contribution in [0.4, 0.5) is 0 Å². The number of aliphatic hydroxyl groups is 1. The molecular formula is C14H11LiNO9P. The molecule has 0 spiro atoms. The number of aromatic hydroxyl groups is 1. The van der Waals surface area contributed by atoms with Crippen molar-refractivity contribution in [1.82, 2.24) is 5.32 Å². The third-order valence-corrected chi connectivity index (χ3v) is 5.64. The third kappa shape index (κ3) is 2.35. The third-order valence-electron chi connectivity index (χ3n) is 4.64. The minimum absolute atomic E-state index is 0. The summed E-state index contributed by atoms with van der Waals surface area (Å²) in [5.41, 5.74) is 0.674. The molecule has 1 aromatic carbocycles. The van der Waals surface area contributed by atoms with E-state index in [4.69, 9.17) is 18.5 Å². The van der Waals surface area contributed by atoms with Gasteiger partial charge in [-0.1, -0.05) is 0 Å². The van der Waals surface area contributed by atoms with Gasteiger partial charge in [0.2, 0.25) is 12.5 Å². The Hall–Kier alpha value is -1.50. The minimum atomic E-state index is -4.56. The molecular weight excluding hydrogens is 364 g/mol. The number of hydrogen-bond acceptors (Lipinski definition) is 9. The second kappa shape index (κ2) is 5.75. The molecule has 0 bridgehead atoms. The van der Waals surface area contributed by atoms with E-state index in [1.54, 1.807) is 0 Å². The molecule has 3 N–H and O–H groups in total. The molecule has 3 heterocycles. The molecule has 0 aromatic heterocycles. The molecule has 5 atom stereocenters. The number of carbonyl (C=O) groups is 1. The van der Waals surface area contributed by atoms with Gasteiger partial charge in [0.25, 0.3) is 13.7 Å². The van der Waals surface area contributed by atoms with Crippen LogP contribution in [0.5, 0.6) is 17.2 Å². The summed E-state index contributed by atoms with van der Waals surface area (Å²) in [6, 6.07) is 0.646. The number of aliphatic hydroxyl groups excluding tert-OH is 1. The zero-order valence-electron chi connectivity index (χ0n) is 13.4. The number of carbonyl (C=O) groups excluding carboxylic acids is 1. The van der Waals surface area contributed by atoms with Crippen LogP contribution in [0.15, 0.2) is 12.1 Å². The number of phosphoric ester groups is 1. The van der Waals surface area contributed by atoms with E-state index in [0.29, 0.717) is 11.1 Å². The molecule has 1 aliphatic carbocycles. The van der Waals surface area contributed by atoms with Crippen LogP contribution in [0.25, 0.3) is 5.57 Å². The largest absolute Gasteiger partial charge is 1.00 e. The number of phosphoric acid groups is 1. The number of amides is 1. The van der Waals surface area contributed by atoms with Crippen LogP contribution >= 0.6 is 7.82 Å². The van der Waals surface area contributed by atoms with Crippen molar-refractivity contribution < 1.29 is 61.8 Å². The molecule has 12 heteroatoms. The van der Waals surface area contributed by atoms with Gasteiger partial charge in [0.1, 0.15) is 18.3 Å². The van der Waals surface area contributed by atoms with E-state index in [1.165, 1.54) is 12.1 Å². The van der Waals surface area contributed by atoms with Crippen molar-refractivity contribution in [3.8, 4) is 17.2 Å². The number of fused-ring (bicyclic) bond motifs is 6. The van der Waals surface area contributed by atoms with Crippen LogP contribution in [0, 0.1) is 0 Å². The van der Waals surface area contributed by atoms with E-state index >= 15 is 0 Å². The maximum absolute atomic E-state index is 12.5. The van der Waals surface area contributed by atoms with E-state index < -0.39 is 38.1 Å². The Morgan fingerprint density at radius 1 is 1.27 bits per heavy atom. The molecule has 1 amide bonds. The van der Waals surface area contributed by atoms with Gasteiger partial charge in [-0.05, 0) is 17.7 Å². The molecule has 3 aliphatic heterocycles. The van der Waals surface area contributed by atoms with Crippen LogP contribution < -0.4 is 38.5 Å². The van der Waals surface area contributed by atoms with Gasteiger partial charge < -0.3 is 38.9 Å². The standard InChI is InChI=1S/C14H12NO9P.Li/c16-6-1-5-4-2-7-12(22-3-21-7)10(17)8(4)14(18)15-9(5)13-11(6)23-25(19,20)24-13;/h1-2,6,9,11,13,16-17H,3H2,(H,15,18)(H,19,20);/q;+1/p-1/t6-,9+,11+,13-;/m0./s1. The van der Waals surface area contributed by atoms with Crippen LogP contribution in [0.3, 0.4) is 0 Å². The van der Waals surface area contributed by atoms with Gasteiger partial charge in [0.15, 0.2) is 11.5 Å². The molecule has 1 fully saturated rings. The van der Waals surface area contributed by atoms with Crippen LogP contribution in [0.2, 0.25) is 0 Å². The monoisotopic (exact) mass is 375 g/mol. The number of benzene rings is 1. The summed E-state index contributed by atoms with van der Waals surface area (Å²) in [6.45, 7) is -0.0977. The first-order chi connectivity index (χ1) is 11.9. The van der Waals surface area contributed by atoms with Gasteiger partial charge >= 0.3 is 18.9 Å². The summed E-state index contributed by atoms with van der Waals surface area (Å²) >= 11 is 0. The normalized spacial score (nSPS) is 36.2. The predicted molar refractivity (Wildman–Crippen MR) is 76.8 cm³/mol. The fraction of sp³-hybridized carbons (Fsp3) is 0.357. The summed E-state index contributed by atoms with van der Waals surface area (Å²) in [7, 11) is -4.56. The van der Waals surface area contributed by atoms with Crippen molar-refractivity contribution in [3.05, 3.63) is 23.3 Å². The van der Waals surface area contributed by atoms with Gasteiger partial charge in [0.05, 0.1) is 11.6 Å². The Balaban J connectivity index is 0.00000168. The zero-order chi connectivity index (χ0) is 17.5. The van der Waals surface area contributed by atoms with Crippen molar-refractivity contribution in [2.24, 2.45) is 0 Å². The van der Waals surface area contributed by atoms with E-state index in [-0.39, 0.29) is 48.5 Å². The van der Waals surface area contributed by atoms with E-state index in [2.05, 4.69) is 5.32 Å². The molecule has 1 unspecified atom stereocenters. The number of phenols is 1. The first-order valence-electron chi connectivity index (χ1n) is 7.40. The van der Waals surface area contributed by atoms with Crippen molar-refractivity contribution in [2.75, 3.05) is 6.79 Å². The topological polar surface area (TPSA) is 147 Å². The molecule has 10 nitrogen and oxygen atoms in total. The molecule has 26 heavy (non-hydrogen) atoms. The summed E-state index contributed by atoms with van der Waals surface area (Å²) in [4.78, 5) is 24.1. The zero-order valence-corrected chi connectivity index (χ0v) is 14.3. The number of phenolic OH excluding ortho intramolecular Hbond substituents is 1. The number of hydrogen-bond donors (Lipinski definition) is 3. The van der Waals surface area contributed by atoms with Crippen LogP contribution in [-0.4, -0.2) is 47.3 Å². The fourth-order valence-corrected chi connectivity index (χ4v) is 4.76. The van der Waals surface area contributed by atoms with Gasteiger partial charge in [0, 0.05) is 5.56 Å². The molecule has 132 valence electrons. The van der Waals surface area contributed by atoms with Crippen molar-refractivity contribution in [3.63, 3.8) is 0 Å². The van der Waals surface area contributed by atoms with E-state index in [1.807, 2.05) is 0 Å². The minimum Gasteiger partial charge on any atom is -0.756 e. The number of ether oxygens (including phenoxy) is 2. The van der Waals surface area contributed by atoms with Gasteiger partial charge in [-0.25, -0.2) is 0 Å². The maximum atomic E-state index is 12.5. The average molecular weight is 375 g/mol. The molecule has 0 saturated carbocycles. The maximum Gasteiger partial charge on any atom is 1.00 e. The van der Waals surface area contributed by atoms with Crippen LogP contribution in [-0.2, 0) is 13.6 Å². The van der Waals surface area contributed by atoms with Gasteiger partial charge in [-0.15, -0.1) is 0 Å². The Kier molecular flexibility index (Phi) is 3.95. The van der Waals surface area contributed by atoms with Gasteiger partial charge in [-0.3, -0.25) is 9.36 Å². The predicted octanol–water partition coefficient (Wildman–Crippen LogP) is -3.75. The molecule has 1 aromatic rings. The first kappa shape index (κ1) is 17.9. The molecule has 4 aliphatic rings. The first-order valence-corrected chi connectivity index (χ1v) is 8.86. The van der Waals surface area contributed by atoms with Crippen molar-refractivity contribution in [1.29, 1.82) is 0 Å². The summed E-state index contributed by atoms with van der Waals surface area (Å²) in [5, 5.41) is 23.2. The second-order valence-electron chi connectivity index (χ2n) is 6.03. The smallest absolute Gasteiger partial charge is 0.756 e. The van der Waals surface area contributed by atoms with Crippen molar-refractivity contribution >= 4 is 19.3 Å². The fourth-order valence-electron chi connectivity index (χ4n) is 3.62. The molecule has 5 rings (SSSR count). The Morgan fingerprint density at radius 2 is 2.00 bits per heavy atom. The Morgan fingerprint density at radius 3 is 2.77 bits per heavy atom. The summed E-state index contributed by atoms with van der Waals surface area (Å²) in [5.74, 6) is -0.692. The second-order valence-corrected chi connectivity index (χ2v) is 7.35. The number of nitrogens with one attached hydrogen (secondary N) is 1. The summed E-state index contributed by atoms with van der Waals surface area (Å²) in [6.07, 6.45) is -2.15. The quantitative estimate of drug-likeness (QED) is 0.307. The molecule has 1 saturated heterocycles. The average Bonchev–Trinajstić information content (AvgIpc) is 3.12. The Labute approximate surface area is 158 Å². The number of rotatable bonds is 0. The van der Waals surface area contributed by atoms with E-state index in [9.17, 15) is 24.5 Å². The SMILES string of the molecule is O=C1N[C@@H]2C(=C[C@H](O)[C@H]3OP(=O)([O-])O[C@H]32)c2cc3c(c(O)c21)OCO3.[Li+]. The van der Waals surface area contributed by atoms with E-state index in [0.717, 1.165) is 0 Å². The Bertz CT molecular complexity index is 903. The molecule has 0 radical (unpaired) electrons. The van der Waals surface area contributed by atoms with Crippen LogP contribution in [0.1, 0.15) is 15.9 Å².